The summed E-state index contributed by atoms with van der Waals surface area (Å²) in [5.41, 5.74) is 1.22. The van der Waals surface area contributed by atoms with Gasteiger partial charge in [-0.25, -0.2) is 0 Å². The van der Waals surface area contributed by atoms with Crippen molar-refractivity contribution in [1.82, 2.24) is 5.32 Å². The van der Waals surface area contributed by atoms with Crippen LogP contribution in [0.15, 0.2) is 10.5 Å². The van der Waals surface area contributed by atoms with Gasteiger partial charge in [0.2, 0.25) is 0 Å². The second-order valence-corrected chi connectivity index (χ2v) is 4.15. The SMILES string of the molecule is COCCOCCNC(C)c1cc(C)oc1C. The molecule has 1 aromatic heterocycles. The highest BCUT2D eigenvalue weighted by Gasteiger charge is 2.11. The second kappa shape index (κ2) is 7.48. The highest BCUT2D eigenvalue weighted by molar-refractivity contribution is 5.23. The van der Waals surface area contributed by atoms with Crippen molar-refractivity contribution in [3.05, 3.63) is 23.2 Å². The summed E-state index contributed by atoms with van der Waals surface area (Å²) in [5, 5.41) is 3.40. The molecule has 0 saturated heterocycles. The van der Waals surface area contributed by atoms with Crippen molar-refractivity contribution in [3.63, 3.8) is 0 Å². The molecule has 1 heterocycles. The molecule has 0 aliphatic carbocycles. The molecule has 98 valence electrons. The van der Waals surface area contributed by atoms with E-state index in [1.807, 2.05) is 13.8 Å². The van der Waals surface area contributed by atoms with Gasteiger partial charge in [-0.2, -0.15) is 0 Å². The first-order valence-corrected chi connectivity index (χ1v) is 6.02. The number of methoxy groups -OCH3 is 1. The largest absolute Gasteiger partial charge is 0.466 e. The first-order chi connectivity index (χ1) is 8.15. The smallest absolute Gasteiger partial charge is 0.105 e. The minimum absolute atomic E-state index is 0.290. The molecule has 0 saturated carbocycles. The van der Waals surface area contributed by atoms with Crippen LogP contribution in [0.1, 0.15) is 30.0 Å². The molecule has 0 aliphatic heterocycles. The normalized spacial score (nSPS) is 12.9. The van der Waals surface area contributed by atoms with Crippen LogP contribution in [0.5, 0.6) is 0 Å². The fraction of sp³-hybridized carbons (Fsp3) is 0.692. The Labute approximate surface area is 103 Å². The van der Waals surface area contributed by atoms with E-state index in [-0.39, 0.29) is 0 Å². The van der Waals surface area contributed by atoms with Crippen LogP contribution < -0.4 is 5.32 Å². The number of hydrogen-bond donors (Lipinski definition) is 1. The number of ether oxygens (including phenoxy) is 2. The van der Waals surface area contributed by atoms with Crippen molar-refractivity contribution in [3.8, 4) is 0 Å². The topological polar surface area (TPSA) is 43.6 Å². The average Bonchev–Trinajstić information content (AvgIpc) is 2.62. The molecule has 1 N–H and O–H groups in total. The van der Waals surface area contributed by atoms with Crippen LogP contribution in [0.2, 0.25) is 0 Å². The summed E-state index contributed by atoms with van der Waals surface area (Å²) in [7, 11) is 1.67. The van der Waals surface area contributed by atoms with Crippen LogP contribution >= 0.6 is 0 Å². The minimum atomic E-state index is 0.290. The number of nitrogens with one attached hydrogen (secondary N) is 1. The highest BCUT2D eigenvalue weighted by Crippen LogP contribution is 2.20. The maximum Gasteiger partial charge on any atom is 0.105 e. The third-order valence-corrected chi connectivity index (χ3v) is 2.67. The molecule has 0 aliphatic rings. The molecule has 0 amide bonds. The predicted molar refractivity (Wildman–Crippen MR) is 67.3 cm³/mol. The summed E-state index contributed by atoms with van der Waals surface area (Å²) in [6.07, 6.45) is 0. The quantitative estimate of drug-likeness (QED) is 0.709. The van der Waals surface area contributed by atoms with E-state index in [9.17, 15) is 0 Å². The van der Waals surface area contributed by atoms with Gasteiger partial charge in [0.1, 0.15) is 11.5 Å². The molecule has 4 nitrogen and oxygen atoms in total. The third kappa shape index (κ3) is 4.89. The average molecular weight is 241 g/mol. The van der Waals surface area contributed by atoms with E-state index < -0.39 is 0 Å². The Balaban J connectivity index is 2.21. The van der Waals surface area contributed by atoms with E-state index in [0.29, 0.717) is 25.9 Å². The monoisotopic (exact) mass is 241 g/mol. The fourth-order valence-electron chi connectivity index (χ4n) is 1.78. The van der Waals surface area contributed by atoms with E-state index in [1.165, 1.54) is 5.56 Å². The Bertz CT molecular complexity index is 322. The lowest BCUT2D eigenvalue weighted by Crippen LogP contribution is -2.24. The van der Waals surface area contributed by atoms with E-state index in [4.69, 9.17) is 13.9 Å². The Morgan fingerprint density at radius 2 is 2.06 bits per heavy atom. The molecule has 0 fully saturated rings. The number of hydrogen-bond acceptors (Lipinski definition) is 4. The molecular weight excluding hydrogens is 218 g/mol. The Kier molecular flexibility index (Phi) is 6.26. The Morgan fingerprint density at radius 1 is 1.29 bits per heavy atom. The maximum atomic E-state index is 5.51. The van der Waals surface area contributed by atoms with E-state index in [0.717, 1.165) is 18.1 Å². The van der Waals surface area contributed by atoms with Crippen LogP contribution in [-0.2, 0) is 9.47 Å². The van der Waals surface area contributed by atoms with Crippen LogP contribution in [0, 0.1) is 13.8 Å². The molecule has 0 spiro atoms. The van der Waals surface area contributed by atoms with Crippen molar-refractivity contribution >= 4 is 0 Å². The summed E-state index contributed by atoms with van der Waals surface area (Å²) in [5.74, 6) is 1.95. The number of furan rings is 1. The highest BCUT2D eigenvalue weighted by atomic mass is 16.5. The summed E-state index contributed by atoms with van der Waals surface area (Å²) >= 11 is 0. The molecule has 0 bridgehead atoms. The van der Waals surface area contributed by atoms with Gasteiger partial charge >= 0.3 is 0 Å². The number of rotatable bonds is 8. The first kappa shape index (κ1) is 14.2. The molecule has 1 unspecified atom stereocenters. The van der Waals surface area contributed by atoms with E-state index >= 15 is 0 Å². The zero-order valence-corrected chi connectivity index (χ0v) is 11.2. The molecule has 1 aromatic rings. The van der Waals surface area contributed by atoms with E-state index in [1.54, 1.807) is 7.11 Å². The predicted octanol–water partition coefficient (Wildman–Crippen LogP) is 2.21. The summed E-state index contributed by atoms with van der Waals surface area (Å²) in [6, 6.07) is 2.37. The molecule has 0 aromatic carbocycles. The maximum absolute atomic E-state index is 5.51. The molecular formula is C13H23NO3. The molecule has 17 heavy (non-hydrogen) atoms. The second-order valence-electron chi connectivity index (χ2n) is 4.15. The van der Waals surface area contributed by atoms with Crippen molar-refractivity contribution in [2.24, 2.45) is 0 Å². The van der Waals surface area contributed by atoms with Gasteiger partial charge in [0.25, 0.3) is 0 Å². The van der Waals surface area contributed by atoms with Crippen LogP contribution in [0.25, 0.3) is 0 Å². The van der Waals surface area contributed by atoms with E-state index in [2.05, 4.69) is 18.3 Å². The Morgan fingerprint density at radius 3 is 2.65 bits per heavy atom. The van der Waals surface area contributed by atoms with Crippen molar-refractivity contribution < 1.29 is 13.9 Å². The van der Waals surface area contributed by atoms with Crippen molar-refractivity contribution in [2.45, 2.75) is 26.8 Å². The van der Waals surface area contributed by atoms with Crippen molar-refractivity contribution in [2.75, 3.05) is 33.5 Å². The van der Waals surface area contributed by atoms with Crippen molar-refractivity contribution in [1.29, 1.82) is 0 Å². The Hall–Kier alpha value is -0.840. The lowest BCUT2D eigenvalue weighted by molar-refractivity contribution is 0.0712. The summed E-state index contributed by atoms with van der Waals surface area (Å²) < 4.78 is 15.8. The molecule has 0 radical (unpaired) electrons. The van der Waals surface area contributed by atoms with Gasteiger partial charge in [0, 0.05) is 25.3 Å². The number of aryl methyl sites for hydroxylation is 2. The summed E-state index contributed by atoms with van der Waals surface area (Å²) in [6.45, 7) is 8.92. The standard InChI is InChI=1S/C13H23NO3/c1-10-9-13(12(3)17-10)11(2)14-5-6-16-8-7-15-4/h9,11,14H,5-8H2,1-4H3. The van der Waals surface area contributed by atoms with Crippen LogP contribution in [0.4, 0.5) is 0 Å². The molecule has 1 atom stereocenters. The molecule has 1 rings (SSSR count). The van der Waals surface area contributed by atoms with Gasteiger partial charge in [0.15, 0.2) is 0 Å². The lowest BCUT2D eigenvalue weighted by atomic mass is 10.1. The van der Waals surface area contributed by atoms with Gasteiger partial charge in [-0.05, 0) is 26.8 Å². The van der Waals surface area contributed by atoms with Gasteiger partial charge in [-0.3, -0.25) is 0 Å². The minimum Gasteiger partial charge on any atom is -0.466 e. The van der Waals surface area contributed by atoms with Crippen LogP contribution in [0.3, 0.4) is 0 Å². The van der Waals surface area contributed by atoms with Gasteiger partial charge in [0.05, 0.1) is 19.8 Å². The van der Waals surface area contributed by atoms with Gasteiger partial charge in [-0.15, -0.1) is 0 Å². The molecule has 4 heteroatoms. The zero-order chi connectivity index (χ0) is 12.7. The third-order valence-electron chi connectivity index (χ3n) is 2.67. The van der Waals surface area contributed by atoms with Gasteiger partial charge < -0.3 is 19.2 Å². The lowest BCUT2D eigenvalue weighted by Gasteiger charge is -2.13. The fourth-order valence-corrected chi connectivity index (χ4v) is 1.78. The first-order valence-electron chi connectivity index (χ1n) is 6.02. The van der Waals surface area contributed by atoms with Gasteiger partial charge in [-0.1, -0.05) is 0 Å². The van der Waals surface area contributed by atoms with Crippen LogP contribution in [-0.4, -0.2) is 33.5 Å². The summed E-state index contributed by atoms with van der Waals surface area (Å²) in [4.78, 5) is 0. The zero-order valence-electron chi connectivity index (χ0n) is 11.2.